The standard InChI is InChI=1S/C14H17BClNO2/c1-13(2)14(3,4)19-15(18-13)12-7-9-5-6-10(16)8-11(9)17-12/h5-8,17H,1-4H3. The molecule has 3 nitrogen and oxygen atoms in total. The number of fused-ring (bicyclic) bond motifs is 1. The molecule has 2 heterocycles. The van der Waals surface area contributed by atoms with Crippen molar-refractivity contribution in [3.63, 3.8) is 0 Å². The van der Waals surface area contributed by atoms with Gasteiger partial charge in [-0.2, -0.15) is 0 Å². The molecule has 1 fully saturated rings. The summed E-state index contributed by atoms with van der Waals surface area (Å²) in [6.45, 7) is 8.19. The van der Waals surface area contributed by atoms with Crippen molar-refractivity contribution >= 4 is 35.2 Å². The highest BCUT2D eigenvalue weighted by Gasteiger charge is 2.52. The zero-order chi connectivity index (χ0) is 13.8. The Bertz CT molecular complexity index is 619. The molecule has 0 unspecified atom stereocenters. The number of hydrogen-bond acceptors (Lipinski definition) is 2. The molecule has 1 saturated heterocycles. The van der Waals surface area contributed by atoms with Gasteiger partial charge in [-0.05, 0) is 51.3 Å². The predicted molar refractivity (Wildman–Crippen MR) is 79.0 cm³/mol. The second-order valence-corrected chi connectivity index (χ2v) is 6.48. The smallest absolute Gasteiger partial charge is 0.398 e. The third-order valence-electron chi connectivity index (χ3n) is 4.11. The minimum atomic E-state index is -0.365. The minimum Gasteiger partial charge on any atom is -0.398 e. The molecule has 5 heteroatoms. The van der Waals surface area contributed by atoms with Gasteiger partial charge in [-0.1, -0.05) is 17.7 Å². The van der Waals surface area contributed by atoms with Crippen molar-refractivity contribution in [3.05, 3.63) is 29.3 Å². The molecule has 1 aliphatic rings. The molecule has 0 radical (unpaired) electrons. The molecular formula is C14H17BClNO2. The maximum atomic E-state index is 6.02. The summed E-state index contributed by atoms with van der Waals surface area (Å²) in [6.07, 6.45) is 0. The van der Waals surface area contributed by atoms with Crippen LogP contribution in [-0.4, -0.2) is 23.3 Å². The SMILES string of the molecule is CC1(C)OB(c2cc3ccc(Cl)cc3[nH]2)OC1(C)C. The summed E-state index contributed by atoms with van der Waals surface area (Å²) in [5.74, 6) is 0. The predicted octanol–water partition coefficient (Wildman–Crippen LogP) is 3.12. The van der Waals surface area contributed by atoms with Crippen molar-refractivity contribution in [2.24, 2.45) is 0 Å². The number of nitrogens with one attached hydrogen (secondary N) is 1. The van der Waals surface area contributed by atoms with E-state index in [2.05, 4.69) is 4.98 Å². The molecule has 19 heavy (non-hydrogen) atoms. The molecule has 2 aromatic rings. The lowest BCUT2D eigenvalue weighted by molar-refractivity contribution is 0.00578. The van der Waals surface area contributed by atoms with E-state index >= 15 is 0 Å². The topological polar surface area (TPSA) is 34.2 Å². The molecule has 0 bridgehead atoms. The molecule has 0 amide bonds. The monoisotopic (exact) mass is 277 g/mol. The molecule has 1 aromatic carbocycles. The normalized spacial score (nSPS) is 21.2. The van der Waals surface area contributed by atoms with E-state index in [0.717, 1.165) is 21.5 Å². The Hall–Kier alpha value is -0.965. The fourth-order valence-electron chi connectivity index (χ4n) is 2.22. The number of aromatic amines is 1. The Balaban J connectivity index is 1.98. The first-order valence-electron chi connectivity index (χ1n) is 6.42. The van der Waals surface area contributed by atoms with Crippen molar-refractivity contribution in [2.45, 2.75) is 38.9 Å². The summed E-state index contributed by atoms with van der Waals surface area (Å²) in [4.78, 5) is 3.32. The van der Waals surface area contributed by atoms with E-state index in [4.69, 9.17) is 20.9 Å². The highest BCUT2D eigenvalue weighted by atomic mass is 35.5. The van der Waals surface area contributed by atoms with Crippen LogP contribution in [0.4, 0.5) is 0 Å². The number of hydrogen-bond donors (Lipinski definition) is 1. The average Bonchev–Trinajstić information content (AvgIpc) is 2.78. The van der Waals surface area contributed by atoms with Crippen molar-refractivity contribution < 1.29 is 9.31 Å². The molecule has 0 aliphatic carbocycles. The first-order valence-corrected chi connectivity index (χ1v) is 6.80. The average molecular weight is 278 g/mol. The number of H-pyrrole nitrogens is 1. The number of rotatable bonds is 1. The number of benzene rings is 1. The quantitative estimate of drug-likeness (QED) is 0.813. The number of aromatic nitrogens is 1. The lowest BCUT2D eigenvalue weighted by atomic mass is 9.85. The van der Waals surface area contributed by atoms with Crippen LogP contribution in [0.1, 0.15) is 27.7 Å². The molecule has 100 valence electrons. The first-order chi connectivity index (χ1) is 8.78. The Morgan fingerprint density at radius 3 is 2.32 bits per heavy atom. The molecule has 0 spiro atoms. The van der Waals surface area contributed by atoms with Gasteiger partial charge in [0, 0.05) is 16.1 Å². The number of halogens is 1. The minimum absolute atomic E-state index is 0.327. The van der Waals surface area contributed by atoms with Gasteiger partial charge in [-0.15, -0.1) is 0 Å². The summed E-state index contributed by atoms with van der Waals surface area (Å²) >= 11 is 6.00. The van der Waals surface area contributed by atoms with E-state index in [-0.39, 0.29) is 18.3 Å². The zero-order valence-corrected chi connectivity index (χ0v) is 12.3. The zero-order valence-electron chi connectivity index (χ0n) is 11.6. The lowest BCUT2D eigenvalue weighted by Gasteiger charge is -2.32. The van der Waals surface area contributed by atoms with Gasteiger partial charge in [0.1, 0.15) is 0 Å². The van der Waals surface area contributed by atoms with Crippen LogP contribution < -0.4 is 5.59 Å². The Morgan fingerprint density at radius 1 is 1.05 bits per heavy atom. The Labute approximate surface area is 118 Å². The summed E-state index contributed by atoms with van der Waals surface area (Å²) in [5, 5.41) is 1.82. The first kappa shape index (κ1) is 13.0. The van der Waals surface area contributed by atoms with Crippen LogP contribution in [0.25, 0.3) is 10.9 Å². The molecule has 0 saturated carbocycles. The van der Waals surface area contributed by atoms with E-state index in [0.29, 0.717) is 0 Å². The third kappa shape index (κ3) is 2.08. The highest BCUT2D eigenvalue weighted by molar-refractivity contribution is 6.61. The fourth-order valence-corrected chi connectivity index (χ4v) is 2.39. The van der Waals surface area contributed by atoms with Crippen LogP contribution >= 0.6 is 11.6 Å². The van der Waals surface area contributed by atoms with E-state index in [1.807, 2.05) is 52.0 Å². The van der Waals surface area contributed by atoms with E-state index in [9.17, 15) is 0 Å². The summed E-state index contributed by atoms with van der Waals surface area (Å²) in [5.41, 5.74) is 1.27. The lowest BCUT2D eigenvalue weighted by Crippen LogP contribution is -2.41. The van der Waals surface area contributed by atoms with E-state index in [1.54, 1.807) is 0 Å². The van der Waals surface area contributed by atoms with Gasteiger partial charge in [-0.3, -0.25) is 0 Å². The van der Waals surface area contributed by atoms with Gasteiger partial charge in [0.25, 0.3) is 0 Å². The second kappa shape index (κ2) is 4.01. The van der Waals surface area contributed by atoms with Crippen LogP contribution in [-0.2, 0) is 9.31 Å². The van der Waals surface area contributed by atoms with Gasteiger partial charge in [0.05, 0.1) is 11.2 Å². The summed E-state index contributed by atoms with van der Waals surface area (Å²) in [6, 6.07) is 7.83. The molecule has 1 aromatic heterocycles. The Kier molecular flexibility index (Phi) is 2.75. The van der Waals surface area contributed by atoms with Crippen molar-refractivity contribution in [1.29, 1.82) is 0 Å². The van der Waals surface area contributed by atoms with Gasteiger partial charge in [0.15, 0.2) is 0 Å². The van der Waals surface area contributed by atoms with E-state index < -0.39 is 0 Å². The van der Waals surface area contributed by atoms with Gasteiger partial charge >= 0.3 is 7.12 Å². The van der Waals surface area contributed by atoms with E-state index in [1.165, 1.54) is 0 Å². The second-order valence-electron chi connectivity index (χ2n) is 6.04. The van der Waals surface area contributed by atoms with Crippen molar-refractivity contribution in [1.82, 2.24) is 4.98 Å². The van der Waals surface area contributed by atoms with Gasteiger partial charge in [-0.25, -0.2) is 0 Å². The van der Waals surface area contributed by atoms with Crippen LogP contribution in [0, 0.1) is 0 Å². The molecule has 3 rings (SSSR count). The Morgan fingerprint density at radius 2 is 1.68 bits per heavy atom. The fraction of sp³-hybridized carbons (Fsp3) is 0.429. The van der Waals surface area contributed by atoms with Gasteiger partial charge in [0.2, 0.25) is 0 Å². The van der Waals surface area contributed by atoms with Crippen molar-refractivity contribution in [3.8, 4) is 0 Å². The maximum absolute atomic E-state index is 6.02. The van der Waals surface area contributed by atoms with Crippen LogP contribution in [0.5, 0.6) is 0 Å². The largest absolute Gasteiger partial charge is 0.512 e. The van der Waals surface area contributed by atoms with Crippen LogP contribution in [0.15, 0.2) is 24.3 Å². The van der Waals surface area contributed by atoms with Crippen LogP contribution in [0.2, 0.25) is 5.02 Å². The molecule has 0 atom stereocenters. The summed E-state index contributed by atoms with van der Waals surface area (Å²) in [7, 11) is -0.365. The van der Waals surface area contributed by atoms with Crippen LogP contribution in [0.3, 0.4) is 0 Å². The summed E-state index contributed by atoms with van der Waals surface area (Å²) < 4.78 is 12.0. The van der Waals surface area contributed by atoms with Crippen molar-refractivity contribution in [2.75, 3.05) is 0 Å². The highest BCUT2D eigenvalue weighted by Crippen LogP contribution is 2.36. The maximum Gasteiger partial charge on any atom is 0.512 e. The molecule has 1 aliphatic heterocycles. The molecule has 1 N–H and O–H groups in total. The van der Waals surface area contributed by atoms with Gasteiger partial charge < -0.3 is 14.3 Å². The third-order valence-corrected chi connectivity index (χ3v) is 4.35. The molecular weight excluding hydrogens is 260 g/mol.